The summed E-state index contributed by atoms with van der Waals surface area (Å²) in [7, 11) is 1.62. The molecule has 0 spiro atoms. The van der Waals surface area contributed by atoms with Gasteiger partial charge in [0.05, 0.1) is 18.8 Å². The van der Waals surface area contributed by atoms with Gasteiger partial charge in [-0.3, -0.25) is 4.79 Å². The first-order valence-corrected chi connectivity index (χ1v) is 9.53. The molecular weight excluding hydrogens is 366 g/mol. The molecular formula is C23H23N3O3. The molecule has 148 valence electrons. The zero-order valence-corrected chi connectivity index (χ0v) is 16.9. The van der Waals surface area contributed by atoms with Gasteiger partial charge in [-0.05, 0) is 32.0 Å². The number of esters is 1. The van der Waals surface area contributed by atoms with Gasteiger partial charge in [-0.1, -0.05) is 30.3 Å². The van der Waals surface area contributed by atoms with Gasteiger partial charge >= 0.3 is 5.97 Å². The molecule has 0 aliphatic carbocycles. The molecule has 6 nitrogen and oxygen atoms in total. The molecule has 1 aromatic heterocycles. The molecule has 29 heavy (non-hydrogen) atoms. The molecule has 1 aliphatic rings. The van der Waals surface area contributed by atoms with E-state index in [0.717, 1.165) is 34.1 Å². The highest BCUT2D eigenvalue weighted by molar-refractivity contribution is 5.74. The van der Waals surface area contributed by atoms with Crippen molar-refractivity contribution in [3.8, 4) is 17.1 Å². The highest BCUT2D eigenvalue weighted by atomic mass is 16.5. The standard InChI is InChI=1S/C23H23N3O3/c1-14-12-21(25-23(24-14)17-8-6-5-7-9-17)26-15(2)22(29-16(3)27)19-13-18(28-4)10-11-20(19)26/h5-13,15,22H,1-4H3. The molecule has 0 N–H and O–H groups in total. The Bertz CT molecular complexity index is 1050. The molecule has 3 aromatic rings. The molecule has 0 amide bonds. The number of carbonyl (C=O) groups excluding carboxylic acids is 1. The summed E-state index contributed by atoms with van der Waals surface area (Å²) in [5.41, 5.74) is 3.68. The van der Waals surface area contributed by atoms with Gasteiger partial charge in [-0.25, -0.2) is 9.97 Å². The molecule has 0 radical (unpaired) electrons. The van der Waals surface area contributed by atoms with Crippen LogP contribution in [0, 0.1) is 6.92 Å². The van der Waals surface area contributed by atoms with Crippen LogP contribution in [0.2, 0.25) is 0 Å². The van der Waals surface area contributed by atoms with Gasteiger partial charge in [0.2, 0.25) is 0 Å². The molecule has 6 heteroatoms. The van der Waals surface area contributed by atoms with Crippen molar-refractivity contribution >= 4 is 17.5 Å². The van der Waals surface area contributed by atoms with Crippen LogP contribution in [0.25, 0.3) is 11.4 Å². The number of methoxy groups -OCH3 is 1. The first-order valence-electron chi connectivity index (χ1n) is 9.53. The zero-order chi connectivity index (χ0) is 20.5. The number of anilines is 2. The second kappa shape index (κ2) is 7.54. The third-order valence-electron chi connectivity index (χ3n) is 5.06. The fourth-order valence-electron chi connectivity index (χ4n) is 3.79. The topological polar surface area (TPSA) is 64.6 Å². The Morgan fingerprint density at radius 1 is 1.07 bits per heavy atom. The maximum absolute atomic E-state index is 11.7. The Kier molecular flexibility index (Phi) is 4.92. The maximum atomic E-state index is 11.7. The normalized spacial score (nSPS) is 17.7. The average Bonchev–Trinajstić information content (AvgIpc) is 2.98. The van der Waals surface area contributed by atoms with Gasteiger partial charge in [-0.2, -0.15) is 0 Å². The first kappa shape index (κ1) is 18.9. The summed E-state index contributed by atoms with van der Waals surface area (Å²) >= 11 is 0. The van der Waals surface area contributed by atoms with E-state index in [4.69, 9.17) is 14.5 Å². The van der Waals surface area contributed by atoms with Crippen LogP contribution in [0.4, 0.5) is 11.5 Å². The Labute approximate surface area is 170 Å². The lowest BCUT2D eigenvalue weighted by Crippen LogP contribution is -2.29. The lowest BCUT2D eigenvalue weighted by atomic mass is 10.1. The van der Waals surface area contributed by atoms with Gasteiger partial charge in [-0.15, -0.1) is 0 Å². The zero-order valence-electron chi connectivity index (χ0n) is 16.9. The number of rotatable bonds is 4. The number of benzene rings is 2. The van der Waals surface area contributed by atoms with E-state index in [-0.39, 0.29) is 12.0 Å². The number of hydrogen-bond donors (Lipinski definition) is 0. The Balaban J connectivity index is 1.83. The van der Waals surface area contributed by atoms with Crippen LogP contribution in [-0.2, 0) is 9.53 Å². The van der Waals surface area contributed by atoms with E-state index in [1.165, 1.54) is 6.92 Å². The minimum Gasteiger partial charge on any atom is -0.497 e. The molecule has 0 saturated heterocycles. The van der Waals surface area contributed by atoms with Crippen molar-refractivity contribution in [3.05, 3.63) is 65.9 Å². The van der Waals surface area contributed by atoms with Crippen LogP contribution in [0.5, 0.6) is 5.75 Å². The van der Waals surface area contributed by atoms with Crippen molar-refractivity contribution in [3.63, 3.8) is 0 Å². The second-order valence-corrected chi connectivity index (χ2v) is 7.12. The predicted octanol–water partition coefficient (Wildman–Crippen LogP) is 4.61. The van der Waals surface area contributed by atoms with Gasteiger partial charge in [0.15, 0.2) is 5.82 Å². The Hall–Kier alpha value is -3.41. The predicted molar refractivity (Wildman–Crippen MR) is 111 cm³/mol. The number of fused-ring (bicyclic) bond motifs is 1. The van der Waals surface area contributed by atoms with Crippen molar-refractivity contribution < 1.29 is 14.3 Å². The summed E-state index contributed by atoms with van der Waals surface area (Å²) in [4.78, 5) is 23.3. The van der Waals surface area contributed by atoms with Gasteiger partial charge in [0, 0.05) is 29.8 Å². The number of aromatic nitrogens is 2. The Morgan fingerprint density at radius 3 is 2.52 bits per heavy atom. The Morgan fingerprint density at radius 2 is 1.83 bits per heavy atom. The third kappa shape index (κ3) is 3.53. The van der Waals surface area contributed by atoms with Gasteiger partial charge in [0.25, 0.3) is 0 Å². The highest BCUT2D eigenvalue weighted by Gasteiger charge is 2.39. The molecule has 4 rings (SSSR count). The molecule has 0 bridgehead atoms. The van der Waals surface area contributed by atoms with Crippen LogP contribution >= 0.6 is 0 Å². The second-order valence-electron chi connectivity index (χ2n) is 7.12. The summed E-state index contributed by atoms with van der Waals surface area (Å²) in [6, 6.07) is 17.5. The number of aryl methyl sites for hydroxylation is 1. The van der Waals surface area contributed by atoms with E-state index >= 15 is 0 Å². The SMILES string of the molecule is COc1ccc2c(c1)C(OC(C)=O)C(C)N2c1cc(C)nc(-c2ccccc2)n1. The van der Waals surface area contributed by atoms with Crippen molar-refractivity contribution in [1.29, 1.82) is 0 Å². The summed E-state index contributed by atoms with van der Waals surface area (Å²) in [6.07, 6.45) is -0.409. The fourth-order valence-corrected chi connectivity index (χ4v) is 3.79. The largest absolute Gasteiger partial charge is 0.497 e. The molecule has 2 aromatic carbocycles. The van der Waals surface area contributed by atoms with Crippen LogP contribution in [-0.4, -0.2) is 29.1 Å². The molecule has 2 atom stereocenters. The lowest BCUT2D eigenvalue weighted by molar-refractivity contribution is -0.147. The van der Waals surface area contributed by atoms with Crippen LogP contribution in [0.1, 0.15) is 31.2 Å². The number of carbonyl (C=O) groups is 1. The molecule has 0 fully saturated rings. The lowest BCUT2D eigenvalue weighted by Gasteiger charge is -2.26. The molecule has 1 aliphatic heterocycles. The van der Waals surface area contributed by atoms with E-state index < -0.39 is 6.10 Å². The minimum atomic E-state index is -0.409. The number of nitrogens with zero attached hydrogens (tertiary/aromatic N) is 3. The minimum absolute atomic E-state index is 0.126. The highest BCUT2D eigenvalue weighted by Crippen LogP contribution is 2.46. The third-order valence-corrected chi connectivity index (χ3v) is 5.06. The van der Waals surface area contributed by atoms with Crippen molar-refractivity contribution in [1.82, 2.24) is 9.97 Å². The van der Waals surface area contributed by atoms with Crippen molar-refractivity contribution in [2.24, 2.45) is 0 Å². The average molecular weight is 389 g/mol. The van der Waals surface area contributed by atoms with Crippen molar-refractivity contribution in [2.75, 3.05) is 12.0 Å². The van der Waals surface area contributed by atoms with E-state index in [1.54, 1.807) is 7.11 Å². The monoisotopic (exact) mass is 389 g/mol. The van der Waals surface area contributed by atoms with Crippen LogP contribution < -0.4 is 9.64 Å². The summed E-state index contributed by atoms with van der Waals surface area (Å²) < 4.78 is 11.0. The van der Waals surface area contributed by atoms with Gasteiger partial charge < -0.3 is 14.4 Å². The van der Waals surface area contributed by atoms with Crippen molar-refractivity contribution in [2.45, 2.75) is 32.9 Å². The van der Waals surface area contributed by atoms with E-state index in [1.807, 2.05) is 68.4 Å². The van der Waals surface area contributed by atoms with Crippen LogP contribution in [0.3, 0.4) is 0 Å². The van der Waals surface area contributed by atoms with Gasteiger partial charge in [0.1, 0.15) is 17.7 Å². The number of ether oxygens (including phenoxy) is 2. The van der Waals surface area contributed by atoms with E-state index in [2.05, 4.69) is 9.88 Å². The van der Waals surface area contributed by atoms with Crippen LogP contribution in [0.15, 0.2) is 54.6 Å². The summed E-state index contributed by atoms with van der Waals surface area (Å²) in [6.45, 7) is 5.41. The first-order chi connectivity index (χ1) is 14.0. The smallest absolute Gasteiger partial charge is 0.303 e. The molecule has 2 heterocycles. The summed E-state index contributed by atoms with van der Waals surface area (Å²) in [5, 5.41) is 0. The number of hydrogen-bond acceptors (Lipinski definition) is 6. The summed E-state index contributed by atoms with van der Waals surface area (Å²) in [5.74, 6) is 1.84. The van der Waals surface area contributed by atoms with E-state index in [0.29, 0.717) is 5.82 Å². The molecule has 2 unspecified atom stereocenters. The van der Waals surface area contributed by atoms with E-state index in [9.17, 15) is 4.79 Å². The molecule has 0 saturated carbocycles. The fraction of sp³-hybridized carbons (Fsp3) is 0.261. The quantitative estimate of drug-likeness (QED) is 0.608. The maximum Gasteiger partial charge on any atom is 0.303 e.